The summed E-state index contributed by atoms with van der Waals surface area (Å²) in [6.07, 6.45) is 4.86. The number of fused-ring (bicyclic) bond motifs is 1. The Bertz CT molecular complexity index is 1180. The van der Waals surface area contributed by atoms with E-state index in [0.717, 1.165) is 24.2 Å². The fourth-order valence-electron chi connectivity index (χ4n) is 4.30. The Labute approximate surface area is 188 Å². The van der Waals surface area contributed by atoms with Crippen molar-refractivity contribution in [3.8, 4) is 12.0 Å². The lowest BCUT2D eigenvalue weighted by molar-refractivity contribution is -0.134. The van der Waals surface area contributed by atoms with Crippen LogP contribution in [-0.4, -0.2) is 84.6 Å². The number of nitrogens with one attached hydrogen (secondary N) is 1. The zero-order valence-electron chi connectivity index (χ0n) is 17.7. The van der Waals surface area contributed by atoms with Gasteiger partial charge in [0.2, 0.25) is 5.91 Å². The number of benzene rings is 1. The van der Waals surface area contributed by atoms with Crippen molar-refractivity contribution in [3.63, 3.8) is 0 Å². The number of halogens is 1. The van der Waals surface area contributed by atoms with Crippen LogP contribution >= 0.6 is 0 Å². The highest BCUT2D eigenvalue weighted by Gasteiger charge is 2.34. The number of tetrazole rings is 1. The van der Waals surface area contributed by atoms with Gasteiger partial charge in [0.05, 0.1) is 12.0 Å². The van der Waals surface area contributed by atoms with Gasteiger partial charge in [0.1, 0.15) is 18.2 Å². The molecular weight excluding hydrogens is 427 g/mol. The topological polar surface area (TPSA) is 129 Å². The van der Waals surface area contributed by atoms with Gasteiger partial charge in [-0.05, 0) is 33.7 Å². The largest absolute Gasteiger partial charge is 0.340 e. The van der Waals surface area contributed by atoms with E-state index in [9.17, 15) is 9.18 Å². The van der Waals surface area contributed by atoms with E-state index in [4.69, 9.17) is 5.26 Å². The molecule has 12 heteroatoms. The first-order chi connectivity index (χ1) is 16.1. The number of aromatic nitrogens is 6. The van der Waals surface area contributed by atoms with Gasteiger partial charge < -0.3 is 10.2 Å². The molecular formula is C21H21FN10O. The van der Waals surface area contributed by atoms with Gasteiger partial charge in [-0.3, -0.25) is 9.69 Å². The van der Waals surface area contributed by atoms with Gasteiger partial charge in [-0.25, -0.2) is 14.4 Å². The molecule has 0 spiro atoms. The molecule has 168 valence electrons. The number of amides is 1. The summed E-state index contributed by atoms with van der Waals surface area (Å²) in [6.45, 7) is 3.48. The number of hydrogen-bond donors (Lipinski definition) is 1. The summed E-state index contributed by atoms with van der Waals surface area (Å²) < 4.78 is 15.0. The van der Waals surface area contributed by atoms with Gasteiger partial charge in [0.25, 0.3) is 5.95 Å². The average Bonchev–Trinajstić information content (AvgIpc) is 3.39. The molecule has 1 amide bonds. The van der Waals surface area contributed by atoms with E-state index in [-0.39, 0.29) is 30.0 Å². The van der Waals surface area contributed by atoms with Crippen molar-refractivity contribution in [1.82, 2.24) is 45.3 Å². The van der Waals surface area contributed by atoms with Gasteiger partial charge in [-0.15, -0.1) is 5.10 Å². The predicted octanol–water partition coefficient (Wildman–Crippen LogP) is -0.137. The van der Waals surface area contributed by atoms with E-state index in [1.54, 1.807) is 24.5 Å². The van der Waals surface area contributed by atoms with E-state index >= 15 is 0 Å². The SMILES string of the molecule is N#Cc1cc([C@@H]2CN3CCN(C(=O)Cc4cnc(-n5cnnn5)nc4)C[C@H]3CN2)ccc1F. The summed E-state index contributed by atoms with van der Waals surface area (Å²) in [4.78, 5) is 25.5. The van der Waals surface area contributed by atoms with Crippen molar-refractivity contribution in [2.24, 2.45) is 0 Å². The third kappa shape index (κ3) is 4.41. The van der Waals surface area contributed by atoms with Crippen LogP contribution in [0.1, 0.15) is 22.7 Å². The molecule has 1 aromatic carbocycles. The monoisotopic (exact) mass is 448 g/mol. The van der Waals surface area contributed by atoms with E-state index < -0.39 is 5.82 Å². The Morgan fingerprint density at radius 2 is 2.09 bits per heavy atom. The second-order valence-corrected chi connectivity index (χ2v) is 8.12. The molecule has 11 nitrogen and oxygen atoms in total. The molecule has 3 aromatic rings. The standard InChI is InChI=1S/C21H21FN10O/c22-18-2-1-15(6-16(18)7-23)19-12-30-3-4-31(11-17(30)10-24-19)20(33)5-14-8-25-21(26-9-14)32-13-27-28-29-32/h1-2,6,8-9,13,17,19,24H,3-5,10-12H2/t17-,19+/m1/s1. The summed E-state index contributed by atoms with van der Waals surface area (Å²) in [5, 5.41) is 23.4. The fraction of sp³-hybridized carbons (Fsp3) is 0.381. The van der Waals surface area contributed by atoms with Crippen molar-refractivity contribution >= 4 is 5.91 Å². The van der Waals surface area contributed by atoms with Crippen LogP contribution in [0.5, 0.6) is 0 Å². The molecule has 0 aliphatic carbocycles. The predicted molar refractivity (Wildman–Crippen MR) is 112 cm³/mol. The van der Waals surface area contributed by atoms with Crippen molar-refractivity contribution in [2.45, 2.75) is 18.5 Å². The minimum Gasteiger partial charge on any atom is -0.340 e. The lowest BCUT2D eigenvalue weighted by Gasteiger charge is -2.46. The van der Waals surface area contributed by atoms with Crippen molar-refractivity contribution in [2.75, 3.05) is 32.7 Å². The van der Waals surface area contributed by atoms with Gasteiger partial charge in [0.15, 0.2) is 0 Å². The van der Waals surface area contributed by atoms with Crippen LogP contribution in [0.15, 0.2) is 36.9 Å². The quantitative estimate of drug-likeness (QED) is 0.580. The average molecular weight is 448 g/mol. The number of carbonyl (C=O) groups excluding carboxylic acids is 1. The number of nitrogens with zero attached hydrogens (tertiary/aromatic N) is 9. The molecule has 2 atom stereocenters. The molecule has 2 aliphatic heterocycles. The van der Waals surface area contributed by atoms with Crippen LogP contribution in [0.3, 0.4) is 0 Å². The first-order valence-corrected chi connectivity index (χ1v) is 10.6. The lowest BCUT2D eigenvalue weighted by Crippen LogP contribution is -2.62. The first-order valence-electron chi connectivity index (χ1n) is 10.6. The highest BCUT2D eigenvalue weighted by atomic mass is 19.1. The number of hydrogen-bond acceptors (Lipinski definition) is 9. The number of rotatable bonds is 4. The summed E-state index contributed by atoms with van der Waals surface area (Å²) in [6, 6.07) is 6.80. The zero-order chi connectivity index (χ0) is 22.8. The minimum atomic E-state index is -0.502. The van der Waals surface area contributed by atoms with E-state index in [0.29, 0.717) is 25.6 Å². The van der Waals surface area contributed by atoms with E-state index in [2.05, 4.69) is 35.7 Å². The molecule has 0 unspecified atom stereocenters. The Hall–Kier alpha value is -3.82. The van der Waals surface area contributed by atoms with Crippen LogP contribution in [0.25, 0.3) is 5.95 Å². The van der Waals surface area contributed by atoms with Crippen molar-refractivity contribution in [1.29, 1.82) is 5.26 Å². The van der Waals surface area contributed by atoms with Crippen molar-refractivity contribution < 1.29 is 9.18 Å². The Kier molecular flexibility index (Phi) is 5.72. The maximum absolute atomic E-state index is 13.7. The molecule has 0 saturated carbocycles. The third-order valence-corrected chi connectivity index (χ3v) is 6.09. The fourth-order valence-corrected chi connectivity index (χ4v) is 4.30. The molecule has 2 aromatic heterocycles. The Morgan fingerprint density at radius 1 is 1.24 bits per heavy atom. The number of carbonyl (C=O) groups is 1. The Balaban J connectivity index is 1.17. The Morgan fingerprint density at radius 3 is 2.85 bits per heavy atom. The zero-order valence-corrected chi connectivity index (χ0v) is 17.7. The minimum absolute atomic E-state index is 0.0204. The molecule has 4 heterocycles. The second kappa shape index (κ2) is 8.97. The first kappa shape index (κ1) is 21.0. The smallest absolute Gasteiger partial charge is 0.253 e. The molecule has 2 aliphatic rings. The summed E-state index contributed by atoms with van der Waals surface area (Å²) in [5.41, 5.74) is 1.68. The molecule has 0 bridgehead atoms. The number of piperazine rings is 2. The molecule has 0 radical (unpaired) electrons. The molecule has 1 N–H and O–H groups in total. The van der Waals surface area contributed by atoms with E-state index in [1.807, 2.05) is 11.0 Å². The second-order valence-electron chi connectivity index (χ2n) is 8.12. The molecule has 2 fully saturated rings. The summed E-state index contributed by atoms with van der Waals surface area (Å²) in [7, 11) is 0. The maximum atomic E-state index is 13.7. The van der Waals surface area contributed by atoms with Crippen LogP contribution in [0.4, 0.5) is 4.39 Å². The van der Waals surface area contributed by atoms with Gasteiger partial charge in [0, 0.05) is 57.2 Å². The van der Waals surface area contributed by atoms with Crippen LogP contribution in [-0.2, 0) is 11.2 Å². The highest BCUT2D eigenvalue weighted by molar-refractivity contribution is 5.78. The van der Waals surface area contributed by atoms with E-state index in [1.165, 1.54) is 17.1 Å². The van der Waals surface area contributed by atoms with Crippen LogP contribution in [0, 0.1) is 17.1 Å². The molecule has 2 saturated heterocycles. The van der Waals surface area contributed by atoms with Crippen LogP contribution < -0.4 is 5.32 Å². The molecule has 33 heavy (non-hydrogen) atoms. The maximum Gasteiger partial charge on any atom is 0.253 e. The van der Waals surface area contributed by atoms with Crippen molar-refractivity contribution in [3.05, 3.63) is 59.4 Å². The third-order valence-electron chi connectivity index (χ3n) is 6.09. The van der Waals surface area contributed by atoms with Gasteiger partial charge in [-0.1, -0.05) is 6.07 Å². The normalized spacial score (nSPS) is 20.8. The summed E-state index contributed by atoms with van der Waals surface area (Å²) in [5.74, 6) is -0.124. The number of nitriles is 1. The summed E-state index contributed by atoms with van der Waals surface area (Å²) >= 11 is 0. The lowest BCUT2D eigenvalue weighted by atomic mass is 9.98. The molecule has 5 rings (SSSR count). The highest BCUT2D eigenvalue weighted by Crippen LogP contribution is 2.24. The van der Waals surface area contributed by atoms with Gasteiger partial charge >= 0.3 is 0 Å². The van der Waals surface area contributed by atoms with Gasteiger partial charge in [-0.2, -0.15) is 9.94 Å². The van der Waals surface area contributed by atoms with Crippen LogP contribution in [0.2, 0.25) is 0 Å².